The number of rotatable bonds is 23. The number of halogens is 1. The van der Waals surface area contributed by atoms with Crippen LogP contribution in [0.25, 0.3) is 5.57 Å². The molecular formula is C33H57Cl. The van der Waals surface area contributed by atoms with E-state index in [1.807, 2.05) is 0 Å². The molecule has 0 bridgehead atoms. The summed E-state index contributed by atoms with van der Waals surface area (Å²) in [7, 11) is 0. The standard InChI is InChI=1S/C33H57Cl/c1-4-7-10-13-16-19-24-30(25-20-17-14-11-8-5-2)32(27-21-18-15-12-9-6-3)33-28-23-22-26-31(33)29-34/h22-23,26,28H,4-21,24-25,27,29H2,1-3H3. The summed E-state index contributed by atoms with van der Waals surface area (Å²) in [4.78, 5) is 0. The van der Waals surface area contributed by atoms with Crippen molar-refractivity contribution in [1.82, 2.24) is 0 Å². The topological polar surface area (TPSA) is 0 Å². The van der Waals surface area contributed by atoms with Crippen LogP contribution in [0.4, 0.5) is 0 Å². The Labute approximate surface area is 219 Å². The van der Waals surface area contributed by atoms with Gasteiger partial charge in [-0.15, -0.1) is 11.6 Å². The molecule has 0 saturated carbocycles. The maximum atomic E-state index is 6.43. The van der Waals surface area contributed by atoms with Gasteiger partial charge in [-0.2, -0.15) is 0 Å². The number of benzene rings is 1. The van der Waals surface area contributed by atoms with Crippen molar-refractivity contribution in [2.75, 3.05) is 0 Å². The first-order chi connectivity index (χ1) is 16.8. The van der Waals surface area contributed by atoms with Crippen molar-refractivity contribution in [2.24, 2.45) is 0 Å². The molecule has 1 aromatic rings. The van der Waals surface area contributed by atoms with Gasteiger partial charge in [-0.1, -0.05) is 147 Å². The van der Waals surface area contributed by atoms with E-state index in [-0.39, 0.29) is 0 Å². The van der Waals surface area contributed by atoms with Gasteiger partial charge in [0, 0.05) is 5.88 Å². The van der Waals surface area contributed by atoms with Gasteiger partial charge in [0.15, 0.2) is 0 Å². The first kappa shape index (κ1) is 31.3. The van der Waals surface area contributed by atoms with Crippen molar-refractivity contribution in [2.45, 2.75) is 161 Å². The Morgan fingerprint density at radius 3 is 1.41 bits per heavy atom. The molecule has 0 atom stereocenters. The van der Waals surface area contributed by atoms with E-state index >= 15 is 0 Å². The number of alkyl halides is 1. The SMILES string of the molecule is CCCCCCCCC(CCCCCCCC)=C(CCCCCCCC)c1ccccc1CCl. The van der Waals surface area contributed by atoms with E-state index in [1.54, 1.807) is 11.1 Å². The lowest BCUT2D eigenvalue weighted by Crippen LogP contribution is -1.99. The van der Waals surface area contributed by atoms with Gasteiger partial charge in [0.2, 0.25) is 0 Å². The normalized spacial score (nSPS) is 11.2. The van der Waals surface area contributed by atoms with Gasteiger partial charge in [0.25, 0.3) is 0 Å². The van der Waals surface area contributed by atoms with Crippen LogP contribution < -0.4 is 0 Å². The smallest absolute Gasteiger partial charge is 0.0480 e. The van der Waals surface area contributed by atoms with Gasteiger partial charge in [-0.3, -0.25) is 0 Å². The van der Waals surface area contributed by atoms with Crippen molar-refractivity contribution in [1.29, 1.82) is 0 Å². The third kappa shape index (κ3) is 14.6. The van der Waals surface area contributed by atoms with E-state index < -0.39 is 0 Å². The maximum absolute atomic E-state index is 6.43. The lowest BCUT2D eigenvalue weighted by Gasteiger charge is -2.19. The van der Waals surface area contributed by atoms with Crippen LogP contribution in [0, 0.1) is 0 Å². The highest BCUT2D eigenvalue weighted by molar-refractivity contribution is 6.17. The maximum Gasteiger partial charge on any atom is 0.0480 e. The zero-order valence-corrected chi connectivity index (χ0v) is 24.0. The largest absolute Gasteiger partial charge is 0.122 e. The fraction of sp³-hybridized carbons (Fsp3) is 0.758. The van der Waals surface area contributed by atoms with Crippen LogP contribution in [-0.4, -0.2) is 0 Å². The van der Waals surface area contributed by atoms with Crippen molar-refractivity contribution in [3.63, 3.8) is 0 Å². The van der Waals surface area contributed by atoms with E-state index in [4.69, 9.17) is 11.6 Å². The fourth-order valence-corrected chi connectivity index (χ4v) is 5.41. The van der Waals surface area contributed by atoms with Gasteiger partial charge in [0.1, 0.15) is 0 Å². The molecule has 0 aromatic heterocycles. The first-order valence-electron chi connectivity index (χ1n) is 15.1. The molecule has 34 heavy (non-hydrogen) atoms. The Bertz CT molecular complexity index is 597. The van der Waals surface area contributed by atoms with E-state index in [2.05, 4.69) is 45.0 Å². The third-order valence-corrected chi connectivity index (χ3v) is 7.65. The lowest BCUT2D eigenvalue weighted by atomic mass is 9.87. The molecule has 0 unspecified atom stereocenters. The van der Waals surface area contributed by atoms with Crippen LogP contribution in [0.3, 0.4) is 0 Å². The van der Waals surface area contributed by atoms with Crippen LogP contribution in [0.5, 0.6) is 0 Å². The number of hydrogen-bond acceptors (Lipinski definition) is 0. The van der Waals surface area contributed by atoms with Crippen molar-refractivity contribution >= 4 is 17.2 Å². The van der Waals surface area contributed by atoms with Gasteiger partial charge in [-0.05, 0) is 55.2 Å². The molecule has 196 valence electrons. The second-order valence-electron chi connectivity index (χ2n) is 10.4. The Morgan fingerprint density at radius 1 is 0.529 bits per heavy atom. The molecule has 0 aliphatic carbocycles. The molecule has 1 rings (SSSR count). The van der Waals surface area contributed by atoms with Crippen LogP contribution >= 0.6 is 11.6 Å². The molecule has 1 aromatic carbocycles. The molecule has 0 fully saturated rings. The Hall–Kier alpha value is -0.750. The average Bonchev–Trinajstić information content (AvgIpc) is 2.87. The molecule has 1 heteroatoms. The summed E-state index contributed by atoms with van der Waals surface area (Å²) < 4.78 is 0. The Balaban J connectivity index is 2.94. The number of allylic oxidation sites excluding steroid dienone is 2. The molecule has 0 amide bonds. The monoisotopic (exact) mass is 488 g/mol. The molecular weight excluding hydrogens is 432 g/mol. The molecule has 0 spiro atoms. The minimum atomic E-state index is 0.623. The fourth-order valence-electron chi connectivity index (χ4n) is 5.18. The molecule has 0 aliphatic rings. The van der Waals surface area contributed by atoms with Gasteiger partial charge >= 0.3 is 0 Å². The van der Waals surface area contributed by atoms with Crippen molar-refractivity contribution in [3.05, 3.63) is 41.0 Å². The van der Waals surface area contributed by atoms with Crippen LogP contribution in [0.2, 0.25) is 0 Å². The third-order valence-electron chi connectivity index (χ3n) is 7.36. The molecule has 0 saturated heterocycles. The minimum absolute atomic E-state index is 0.623. The molecule has 0 nitrogen and oxygen atoms in total. The summed E-state index contributed by atoms with van der Waals surface area (Å²) in [5.41, 5.74) is 6.21. The summed E-state index contributed by atoms with van der Waals surface area (Å²) in [6.45, 7) is 6.93. The lowest BCUT2D eigenvalue weighted by molar-refractivity contribution is 0.581. The zero-order chi connectivity index (χ0) is 24.7. The minimum Gasteiger partial charge on any atom is -0.122 e. The summed E-state index contributed by atoms with van der Waals surface area (Å²) in [5, 5.41) is 0. The predicted octanol–water partition coefficient (Wildman–Crippen LogP) is 12.4. The van der Waals surface area contributed by atoms with Crippen LogP contribution in [-0.2, 0) is 5.88 Å². The predicted molar refractivity (Wildman–Crippen MR) is 157 cm³/mol. The summed E-state index contributed by atoms with van der Waals surface area (Å²) in [6, 6.07) is 8.98. The Morgan fingerprint density at radius 2 is 0.941 bits per heavy atom. The van der Waals surface area contributed by atoms with Crippen molar-refractivity contribution in [3.8, 4) is 0 Å². The quantitative estimate of drug-likeness (QED) is 0.106. The second-order valence-corrected chi connectivity index (χ2v) is 10.7. The zero-order valence-electron chi connectivity index (χ0n) is 23.2. The number of hydrogen-bond donors (Lipinski definition) is 0. The van der Waals surface area contributed by atoms with E-state index in [9.17, 15) is 0 Å². The van der Waals surface area contributed by atoms with Gasteiger partial charge in [-0.25, -0.2) is 0 Å². The molecule has 0 heterocycles. The number of unbranched alkanes of at least 4 members (excludes halogenated alkanes) is 15. The second kappa shape index (κ2) is 22.7. The van der Waals surface area contributed by atoms with Gasteiger partial charge < -0.3 is 0 Å². The van der Waals surface area contributed by atoms with Crippen LogP contribution in [0.1, 0.15) is 167 Å². The van der Waals surface area contributed by atoms with E-state index in [1.165, 1.54) is 146 Å². The average molecular weight is 489 g/mol. The highest BCUT2D eigenvalue weighted by Crippen LogP contribution is 2.34. The summed E-state index contributed by atoms with van der Waals surface area (Å²) in [5.74, 6) is 0.623. The molecule has 0 N–H and O–H groups in total. The molecule has 0 aliphatic heterocycles. The highest BCUT2D eigenvalue weighted by Gasteiger charge is 2.13. The van der Waals surface area contributed by atoms with Crippen LogP contribution in [0.15, 0.2) is 29.8 Å². The van der Waals surface area contributed by atoms with Crippen molar-refractivity contribution < 1.29 is 0 Å². The first-order valence-corrected chi connectivity index (χ1v) is 15.7. The summed E-state index contributed by atoms with van der Waals surface area (Å²) in [6.07, 6.45) is 28.6. The highest BCUT2D eigenvalue weighted by atomic mass is 35.5. The molecule has 0 radical (unpaired) electrons. The summed E-state index contributed by atoms with van der Waals surface area (Å²) >= 11 is 6.43. The Kier molecular flexibility index (Phi) is 20.9. The van der Waals surface area contributed by atoms with Gasteiger partial charge in [0.05, 0.1) is 0 Å². The van der Waals surface area contributed by atoms with E-state index in [0.717, 1.165) is 0 Å². The van der Waals surface area contributed by atoms with E-state index in [0.29, 0.717) is 5.88 Å².